The first-order chi connectivity index (χ1) is 12.7. The highest BCUT2D eigenvalue weighted by atomic mass is 32.1. The minimum absolute atomic E-state index is 0.106. The highest BCUT2D eigenvalue weighted by molar-refractivity contribution is 7.16. The molecule has 1 fully saturated rings. The summed E-state index contributed by atoms with van der Waals surface area (Å²) in [6.07, 6.45) is 0. The summed E-state index contributed by atoms with van der Waals surface area (Å²) in [7, 11) is 1.63. The van der Waals surface area contributed by atoms with Crippen molar-refractivity contribution in [3.63, 3.8) is 0 Å². The summed E-state index contributed by atoms with van der Waals surface area (Å²) < 4.78 is 6.28. The number of hydrogen-bond donors (Lipinski definition) is 0. The molecule has 1 aliphatic heterocycles. The van der Waals surface area contributed by atoms with Crippen LogP contribution in [0.3, 0.4) is 0 Å². The molecular formula is C21H22N2O2S. The number of ether oxygens (including phenoxy) is 1. The quantitative estimate of drug-likeness (QED) is 0.706. The van der Waals surface area contributed by atoms with Gasteiger partial charge >= 0.3 is 0 Å². The fourth-order valence-corrected chi connectivity index (χ4v) is 4.35. The van der Waals surface area contributed by atoms with Gasteiger partial charge in [-0.3, -0.25) is 9.69 Å². The van der Waals surface area contributed by atoms with E-state index < -0.39 is 0 Å². The van der Waals surface area contributed by atoms with Crippen LogP contribution in [-0.2, 0) is 6.54 Å². The first-order valence-electron chi connectivity index (χ1n) is 8.85. The topological polar surface area (TPSA) is 32.8 Å². The molecule has 2 aromatic carbocycles. The fourth-order valence-electron chi connectivity index (χ4n) is 3.43. The van der Waals surface area contributed by atoms with Crippen LogP contribution in [0.15, 0.2) is 58.7 Å². The Kier molecular flexibility index (Phi) is 4.91. The number of hydrogen-bond acceptors (Lipinski definition) is 5. The van der Waals surface area contributed by atoms with Crippen LogP contribution in [0.1, 0.15) is 5.56 Å². The Hall–Kier alpha value is -2.37. The normalized spacial score (nSPS) is 15.3. The molecule has 1 aromatic heterocycles. The zero-order valence-electron chi connectivity index (χ0n) is 14.9. The summed E-state index contributed by atoms with van der Waals surface area (Å²) in [4.78, 5) is 17.6. The summed E-state index contributed by atoms with van der Waals surface area (Å²) in [6.45, 7) is 4.66. The Morgan fingerprint density at radius 1 is 1.04 bits per heavy atom. The number of methoxy groups -OCH3 is 1. The maximum absolute atomic E-state index is 13.0. The zero-order chi connectivity index (χ0) is 17.9. The van der Waals surface area contributed by atoms with Crippen LogP contribution >= 0.6 is 11.3 Å². The van der Waals surface area contributed by atoms with E-state index in [1.54, 1.807) is 18.4 Å². The van der Waals surface area contributed by atoms with Gasteiger partial charge in [0.1, 0.15) is 5.75 Å². The van der Waals surface area contributed by atoms with Crippen LogP contribution in [0.2, 0.25) is 0 Å². The molecule has 0 radical (unpaired) electrons. The Balaban J connectivity index is 1.50. The molecule has 0 amide bonds. The van der Waals surface area contributed by atoms with Gasteiger partial charge in [-0.15, -0.1) is 11.3 Å². The molecule has 0 N–H and O–H groups in total. The lowest BCUT2D eigenvalue weighted by molar-refractivity contribution is 0.250. The fraction of sp³-hybridized carbons (Fsp3) is 0.286. The molecule has 4 rings (SSSR count). The van der Waals surface area contributed by atoms with Crippen LogP contribution in [0, 0.1) is 0 Å². The molecule has 0 atom stereocenters. The molecule has 0 unspecified atom stereocenters. The van der Waals surface area contributed by atoms with Crippen molar-refractivity contribution < 1.29 is 4.74 Å². The average molecular weight is 366 g/mol. The lowest BCUT2D eigenvalue weighted by Crippen LogP contribution is -2.47. The smallest absolute Gasteiger partial charge is 0.211 e. The second-order valence-electron chi connectivity index (χ2n) is 6.56. The van der Waals surface area contributed by atoms with Crippen LogP contribution in [0.25, 0.3) is 10.1 Å². The van der Waals surface area contributed by atoms with Gasteiger partial charge in [-0.1, -0.05) is 30.3 Å². The summed E-state index contributed by atoms with van der Waals surface area (Å²) in [5.41, 5.74) is 2.26. The van der Waals surface area contributed by atoms with E-state index in [1.807, 2.05) is 29.6 Å². The van der Waals surface area contributed by atoms with Gasteiger partial charge in [0, 0.05) is 48.2 Å². The average Bonchev–Trinajstić information content (AvgIpc) is 2.70. The molecule has 0 bridgehead atoms. The van der Waals surface area contributed by atoms with E-state index in [-0.39, 0.29) is 5.43 Å². The second kappa shape index (κ2) is 7.48. The predicted octanol–water partition coefficient (Wildman–Crippen LogP) is 3.59. The Bertz CT molecular complexity index is 947. The van der Waals surface area contributed by atoms with Gasteiger partial charge in [0.15, 0.2) is 0 Å². The van der Waals surface area contributed by atoms with Crippen molar-refractivity contribution in [2.45, 2.75) is 6.54 Å². The molecule has 1 aliphatic rings. The highest BCUT2D eigenvalue weighted by Crippen LogP contribution is 2.25. The lowest BCUT2D eigenvalue weighted by atomic mass is 10.2. The maximum atomic E-state index is 13.0. The summed E-state index contributed by atoms with van der Waals surface area (Å²) >= 11 is 1.62. The van der Waals surface area contributed by atoms with Crippen molar-refractivity contribution in [1.29, 1.82) is 0 Å². The van der Waals surface area contributed by atoms with Gasteiger partial charge in [-0.25, -0.2) is 0 Å². The molecule has 4 nitrogen and oxygen atoms in total. The summed E-state index contributed by atoms with van der Waals surface area (Å²) in [5, 5.41) is 2.75. The minimum atomic E-state index is 0.106. The Morgan fingerprint density at radius 3 is 2.54 bits per heavy atom. The molecule has 5 heteroatoms. The van der Waals surface area contributed by atoms with Crippen molar-refractivity contribution in [3.8, 4) is 5.75 Å². The Labute approximate surface area is 157 Å². The van der Waals surface area contributed by atoms with Gasteiger partial charge in [-0.05, 0) is 23.8 Å². The van der Waals surface area contributed by atoms with E-state index in [9.17, 15) is 4.79 Å². The third-order valence-electron chi connectivity index (χ3n) is 4.92. The highest BCUT2D eigenvalue weighted by Gasteiger charge is 2.20. The monoisotopic (exact) mass is 366 g/mol. The maximum Gasteiger partial charge on any atom is 0.211 e. The molecule has 0 saturated carbocycles. The van der Waals surface area contributed by atoms with Gasteiger partial charge < -0.3 is 9.64 Å². The first kappa shape index (κ1) is 17.1. The van der Waals surface area contributed by atoms with Crippen molar-refractivity contribution in [2.75, 3.05) is 38.2 Å². The number of benzene rings is 2. The second-order valence-corrected chi connectivity index (χ2v) is 7.47. The van der Waals surface area contributed by atoms with Crippen molar-refractivity contribution in [3.05, 3.63) is 69.7 Å². The SMILES string of the molecule is COc1ccc2scc(N3CCN(Cc4ccccc4)CC3)c(=O)c2c1. The molecule has 3 aromatic rings. The van der Waals surface area contributed by atoms with E-state index in [0.29, 0.717) is 0 Å². The van der Waals surface area contributed by atoms with E-state index in [4.69, 9.17) is 4.74 Å². The first-order valence-corrected chi connectivity index (χ1v) is 9.73. The van der Waals surface area contributed by atoms with Gasteiger partial charge in [-0.2, -0.15) is 0 Å². The molecule has 0 spiro atoms. The molecule has 26 heavy (non-hydrogen) atoms. The molecule has 0 aliphatic carbocycles. The lowest BCUT2D eigenvalue weighted by Gasteiger charge is -2.35. The predicted molar refractivity (Wildman–Crippen MR) is 109 cm³/mol. The molecule has 134 valence electrons. The molecule has 1 saturated heterocycles. The molecule has 2 heterocycles. The zero-order valence-corrected chi connectivity index (χ0v) is 15.7. The third-order valence-corrected chi connectivity index (χ3v) is 5.87. The van der Waals surface area contributed by atoms with E-state index in [1.165, 1.54) is 5.56 Å². The minimum Gasteiger partial charge on any atom is -0.497 e. The Morgan fingerprint density at radius 2 is 1.81 bits per heavy atom. The van der Waals surface area contributed by atoms with Gasteiger partial charge in [0.05, 0.1) is 12.8 Å². The van der Waals surface area contributed by atoms with Crippen LogP contribution < -0.4 is 15.1 Å². The van der Waals surface area contributed by atoms with Crippen molar-refractivity contribution in [2.24, 2.45) is 0 Å². The van der Waals surface area contributed by atoms with Crippen molar-refractivity contribution in [1.82, 2.24) is 4.90 Å². The van der Waals surface area contributed by atoms with Gasteiger partial charge in [0.25, 0.3) is 0 Å². The van der Waals surface area contributed by atoms with Gasteiger partial charge in [0.2, 0.25) is 5.43 Å². The number of fused-ring (bicyclic) bond motifs is 1. The number of rotatable bonds is 4. The number of nitrogens with zero attached hydrogens (tertiary/aromatic N) is 2. The standard InChI is InChI=1S/C21H22N2O2S/c1-25-17-7-8-20-18(13-17)21(24)19(15-26-20)23-11-9-22(10-12-23)14-16-5-3-2-4-6-16/h2-8,13,15H,9-12,14H2,1H3. The van der Waals surface area contributed by atoms with Crippen LogP contribution in [0.4, 0.5) is 5.69 Å². The van der Waals surface area contributed by atoms with E-state index >= 15 is 0 Å². The van der Waals surface area contributed by atoms with E-state index in [2.05, 4.69) is 34.1 Å². The summed E-state index contributed by atoms with van der Waals surface area (Å²) in [6, 6.07) is 16.3. The third kappa shape index (κ3) is 3.45. The van der Waals surface area contributed by atoms with Crippen molar-refractivity contribution >= 4 is 27.1 Å². The number of piperazine rings is 1. The number of anilines is 1. The van der Waals surface area contributed by atoms with Crippen LogP contribution in [0.5, 0.6) is 5.75 Å². The largest absolute Gasteiger partial charge is 0.497 e. The molecular weight excluding hydrogens is 344 g/mol. The van der Waals surface area contributed by atoms with E-state index in [0.717, 1.165) is 54.2 Å². The van der Waals surface area contributed by atoms with Crippen LogP contribution in [-0.4, -0.2) is 38.2 Å². The summed E-state index contributed by atoms with van der Waals surface area (Å²) in [5.74, 6) is 0.728.